The van der Waals surface area contributed by atoms with Crippen LogP contribution in [0.2, 0.25) is 0 Å². The maximum absolute atomic E-state index is 5.57. The Morgan fingerprint density at radius 1 is 1.09 bits per heavy atom. The van der Waals surface area contributed by atoms with Gasteiger partial charge in [-0.3, -0.25) is 9.47 Å². The number of ether oxygens (including phenoxy) is 1. The number of fused-ring (bicyclic) bond motifs is 1. The Balaban J connectivity index is 1.25. The molecule has 2 aromatic heterocycles. The first kappa shape index (κ1) is 20.7. The van der Waals surface area contributed by atoms with Crippen molar-refractivity contribution in [2.24, 2.45) is 0 Å². The summed E-state index contributed by atoms with van der Waals surface area (Å²) < 4.78 is 7.52. The quantitative estimate of drug-likeness (QED) is 0.447. The molecule has 2 N–H and O–H groups in total. The number of methoxy groups -OCH3 is 1. The van der Waals surface area contributed by atoms with Gasteiger partial charge in [-0.15, -0.1) is 10.2 Å². The summed E-state index contributed by atoms with van der Waals surface area (Å²) in [6.45, 7) is 4.09. The highest BCUT2D eigenvalue weighted by molar-refractivity contribution is 5.85. The maximum atomic E-state index is 5.57. The van der Waals surface area contributed by atoms with Gasteiger partial charge in [-0.1, -0.05) is 18.2 Å². The molecule has 2 aromatic carbocycles. The predicted octanol–water partition coefficient (Wildman–Crippen LogP) is 3.55. The van der Waals surface area contributed by atoms with Crippen molar-refractivity contribution in [3.8, 4) is 11.4 Å². The van der Waals surface area contributed by atoms with Crippen LogP contribution < -0.4 is 10.1 Å². The average molecular weight is 431 g/mol. The topological polar surface area (TPSA) is 71.0 Å². The van der Waals surface area contributed by atoms with Crippen molar-refractivity contribution in [2.75, 3.05) is 26.7 Å². The third-order valence-electron chi connectivity index (χ3n) is 6.49. The van der Waals surface area contributed by atoms with Crippen LogP contribution in [0.5, 0.6) is 5.75 Å². The van der Waals surface area contributed by atoms with E-state index in [1.54, 1.807) is 19.8 Å². The van der Waals surface area contributed by atoms with Crippen molar-refractivity contribution in [3.05, 3.63) is 72.4 Å². The number of aryl methyl sites for hydroxylation is 1. The number of hydrogen-bond donors (Lipinski definition) is 2. The first-order valence-corrected chi connectivity index (χ1v) is 11.3. The van der Waals surface area contributed by atoms with E-state index in [0.29, 0.717) is 6.04 Å². The van der Waals surface area contributed by atoms with Crippen LogP contribution in [0.25, 0.3) is 16.6 Å². The Hall–Kier alpha value is -3.16. The molecule has 1 aliphatic heterocycles. The number of nitrogens with zero attached hydrogens (tertiary/aromatic N) is 4. The van der Waals surface area contributed by atoms with Crippen molar-refractivity contribution in [1.82, 2.24) is 30.0 Å². The summed E-state index contributed by atoms with van der Waals surface area (Å²) in [4.78, 5) is 6.03. The average Bonchev–Trinajstić information content (AvgIpc) is 3.51. The van der Waals surface area contributed by atoms with Gasteiger partial charge in [-0.25, -0.2) is 0 Å². The summed E-state index contributed by atoms with van der Waals surface area (Å²) in [7, 11) is 1.75. The van der Waals surface area contributed by atoms with Gasteiger partial charge in [0.25, 0.3) is 0 Å². The molecule has 32 heavy (non-hydrogen) atoms. The number of rotatable bonds is 8. The van der Waals surface area contributed by atoms with E-state index >= 15 is 0 Å². The van der Waals surface area contributed by atoms with Gasteiger partial charge in [0.15, 0.2) is 0 Å². The summed E-state index contributed by atoms with van der Waals surface area (Å²) in [5.41, 5.74) is 4.90. The molecule has 1 saturated heterocycles. The predicted molar refractivity (Wildman–Crippen MR) is 126 cm³/mol. The molecule has 7 heteroatoms. The van der Waals surface area contributed by atoms with Gasteiger partial charge in [0.1, 0.15) is 18.4 Å². The van der Waals surface area contributed by atoms with Crippen LogP contribution in [0.3, 0.4) is 0 Å². The van der Waals surface area contributed by atoms with Gasteiger partial charge in [0, 0.05) is 60.6 Å². The van der Waals surface area contributed by atoms with E-state index in [1.165, 1.54) is 28.5 Å². The Morgan fingerprint density at radius 2 is 1.97 bits per heavy atom. The van der Waals surface area contributed by atoms with E-state index in [0.717, 1.165) is 50.5 Å². The lowest BCUT2D eigenvalue weighted by Crippen LogP contribution is -2.50. The lowest BCUT2D eigenvalue weighted by Gasteiger charge is -2.36. The molecule has 1 atom stereocenters. The number of hydrogen-bond acceptors (Lipinski definition) is 5. The molecule has 0 saturated carbocycles. The second kappa shape index (κ2) is 9.54. The zero-order valence-electron chi connectivity index (χ0n) is 18.5. The molecule has 0 spiro atoms. The van der Waals surface area contributed by atoms with Gasteiger partial charge in [-0.05, 0) is 49.1 Å². The number of H-pyrrole nitrogens is 1. The molecular formula is C25H30N6O. The van der Waals surface area contributed by atoms with Gasteiger partial charge in [0.05, 0.1) is 7.11 Å². The minimum absolute atomic E-state index is 0.534. The second-order valence-electron chi connectivity index (χ2n) is 8.45. The highest BCUT2D eigenvalue weighted by Crippen LogP contribution is 2.25. The van der Waals surface area contributed by atoms with Crippen molar-refractivity contribution < 1.29 is 4.74 Å². The Morgan fingerprint density at radius 3 is 2.84 bits per heavy atom. The van der Waals surface area contributed by atoms with Crippen LogP contribution in [-0.2, 0) is 13.0 Å². The standard InChI is InChI=1S/C25H30N6O/c1-32-25-8-3-2-5-20(25)16-30-12-11-26-15-22(30)7-4-6-19-14-27-24-10-9-21(13-23(19)24)31-17-28-29-18-31/h2-3,5,8-10,13-14,17-18,22,26-27H,4,6-7,11-12,15-16H2,1H3. The van der Waals surface area contributed by atoms with E-state index in [2.05, 4.69) is 68.0 Å². The minimum Gasteiger partial charge on any atom is -0.496 e. The molecule has 3 heterocycles. The van der Waals surface area contributed by atoms with Crippen LogP contribution in [0.4, 0.5) is 0 Å². The van der Waals surface area contributed by atoms with Gasteiger partial charge < -0.3 is 15.0 Å². The molecule has 4 aromatic rings. The Kier molecular flexibility index (Phi) is 6.18. The van der Waals surface area contributed by atoms with Crippen molar-refractivity contribution >= 4 is 10.9 Å². The fraction of sp³-hybridized carbons (Fsp3) is 0.360. The molecule has 0 bridgehead atoms. The van der Waals surface area contributed by atoms with Crippen molar-refractivity contribution in [1.29, 1.82) is 0 Å². The minimum atomic E-state index is 0.534. The third kappa shape index (κ3) is 4.40. The van der Waals surface area contributed by atoms with Crippen LogP contribution in [0.1, 0.15) is 24.0 Å². The molecule has 166 valence electrons. The van der Waals surface area contributed by atoms with E-state index in [1.807, 2.05) is 10.6 Å². The van der Waals surface area contributed by atoms with Crippen LogP contribution in [0, 0.1) is 0 Å². The number of aromatic nitrogens is 4. The third-order valence-corrected chi connectivity index (χ3v) is 6.49. The number of para-hydroxylation sites is 1. The maximum Gasteiger partial charge on any atom is 0.123 e. The Labute approximate surface area is 188 Å². The zero-order valence-corrected chi connectivity index (χ0v) is 18.5. The SMILES string of the molecule is COc1ccccc1CN1CCNCC1CCCc1c[nH]c2ccc(-n3cnnc3)cc12. The molecular weight excluding hydrogens is 400 g/mol. The number of aromatic amines is 1. The fourth-order valence-corrected chi connectivity index (χ4v) is 4.74. The second-order valence-corrected chi connectivity index (χ2v) is 8.45. The molecule has 1 unspecified atom stereocenters. The molecule has 0 amide bonds. The summed E-state index contributed by atoms with van der Waals surface area (Å²) in [6.07, 6.45) is 9.01. The molecule has 7 nitrogen and oxygen atoms in total. The monoisotopic (exact) mass is 430 g/mol. The summed E-state index contributed by atoms with van der Waals surface area (Å²) in [6, 6.07) is 15.3. The van der Waals surface area contributed by atoms with Crippen LogP contribution in [-0.4, -0.2) is 57.4 Å². The van der Waals surface area contributed by atoms with E-state index in [9.17, 15) is 0 Å². The van der Waals surface area contributed by atoms with E-state index < -0.39 is 0 Å². The van der Waals surface area contributed by atoms with Crippen molar-refractivity contribution in [3.63, 3.8) is 0 Å². The zero-order chi connectivity index (χ0) is 21.8. The largest absolute Gasteiger partial charge is 0.496 e. The number of piperazine rings is 1. The number of nitrogens with one attached hydrogen (secondary N) is 2. The lowest BCUT2D eigenvalue weighted by atomic mass is 10.0. The first-order chi connectivity index (χ1) is 15.8. The van der Waals surface area contributed by atoms with Gasteiger partial charge in [0.2, 0.25) is 0 Å². The normalized spacial score (nSPS) is 17.1. The molecule has 0 radical (unpaired) electrons. The van der Waals surface area contributed by atoms with E-state index in [4.69, 9.17) is 4.74 Å². The van der Waals surface area contributed by atoms with E-state index in [-0.39, 0.29) is 0 Å². The molecule has 5 rings (SSSR count). The van der Waals surface area contributed by atoms with Crippen LogP contribution in [0.15, 0.2) is 61.3 Å². The molecule has 0 aliphatic carbocycles. The Bertz CT molecular complexity index is 1150. The summed E-state index contributed by atoms with van der Waals surface area (Å²) in [5, 5.41) is 12.7. The highest BCUT2D eigenvalue weighted by atomic mass is 16.5. The summed E-state index contributed by atoms with van der Waals surface area (Å²) >= 11 is 0. The van der Waals surface area contributed by atoms with Crippen LogP contribution >= 0.6 is 0 Å². The van der Waals surface area contributed by atoms with Gasteiger partial charge >= 0.3 is 0 Å². The highest BCUT2D eigenvalue weighted by Gasteiger charge is 2.23. The smallest absolute Gasteiger partial charge is 0.123 e. The summed E-state index contributed by atoms with van der Waals surface area (Å²) in [5.74, 6) is 0.979. The lowest BCUT2D eigenvalue weighted by molar-refractivity contribution is 0.142. The first-order valence-electron chi connectivity index (χ1n) is 11.3. The fourth-order valence-electron chi connectivity index (χ4n) is 4.74. The molecule has 1 fully saturated rings. The van der Waals surface area contributed by atoms with Gasteiger partial charge in [-0.2, -0.15) is 0 Å². The van der Waals surface area contributed by atoms with Crippen molar-refractivity contribution in [2.45, 2.75) is 31.8 Å². The number of benzene rings is 2. The molecule has 1 aliphatic rings.